The molecule has 1 saturated heterocycles. The summed E-state index contributed by atoms with van der Waals surface area (Å²) in [6, 6.07) is 0.277. The van der Waals surface area contributed by atoms with Crippen LogP contribution in [-0.4, -0.2) is 72.0 Å². The second kappa shape index (κ2) is 12.2. The van der Waals surface area contributed by atoms with E-state index in [2.05, 4.69) is 51.3 Å². The molecule has 0 spiro atoms. The van der Waals surface area contributed by atoms with E-state index in [9.17, 15) is 5.11 Å². The number of nitrogens with zero attached hydrogens (tertiary/aromatic N) is 2. The summed E-state index contributed by atoms with van der Waals surface area (Å²) in [4.78, 5) is 4.91. The molecule has 0 aromatic carbocycles. The van der Waals surface area contributed by atoms with Gasteiger partial charge in [-0.1, -0.05) is 34.6 Å². The maximum atomic E-state index is 9.62. The van der Waals surface area contributed by atoms with Crippen LogP contribution in [0.5, 0.6) is 0 Å². The normalized spacial score (nSPS) is 21.5. The van der Waals surface area contributed by atoms with Gasteiger partial charge in [0.15, 0.2) is 0 Å². The molecular formula is C20H44N2O2. The third-order valence-electron chi connectivity index (χ3n) is 5.00. The lowest BCUT2D eigenvalue weighted by atomic mass is 9.96. The van der Waals surface area contributed by atoms with Gasteiger partial charge in [0.1, 0.15) is 0 Å². The Bertz CT molecular complexity index is 308. The van der Waals surface area contributed by atoms with Gasteiger partial charge in [-0.15, -0.1) is 0 Å². The number of likely N-dealkylation sites (N-methyl/N-ethyl adjacent to an activating group) is 1. The van der Waals surface area contributed by atoms with Crippen molar-refractivity contribution in [3.63, 3.8) is 0 Å². The summed E-state index contributed by atoms with van der Waals surface area (Å²) in [5.41, 5.74) is 0.130. The Morgan fingerprint density at radius 3 is 2.29 bits per heavy atom. The number of hydrogen-bond acceptors (Lipinski definition) is 4. The maximum absolute atomic E-state index is 9.62. The fourth-order valence-electron chi connectivity index (χ4n) is 3.43. The Morgan fingerprint density at radius 1 is 1.17 bits per heavy atom. The average molecular weight is 345 g/mol. The Labute approximate surface area is 151 Å². The number of hydrogen-bond donors (Lipinski definition) is 1. The second-order valence-electron chi connectivity index (χ2n) is 7.78. The minimum absolute atomic E-state index is 0.130. The van der Waals surface area contributed by atoms with Crippen LogP contribution in [0.15, 0.2) is 0 Å². The molecule has 146 valence electrons. The van der Waals surface area contributed by atoms with E-state index in [1.54, 1.807) is 0 Å². The van der Waals surface area contributed by atoms with Crippen molar-refractivity contribution in [3.8, 4) is 0 Å². The molecular weight excluding hydrogens is 300 g/mol. The third kappa shape index (κ3) is 8.28. The molecule has 1 rings (SSSR count). The molecule has 1 aliphatic heterocycles. The maximum Gasteiger partial charge on any atom is 0.0599 e. The molecule has 0 aromatic rings. The smallest absolute Gasteiger partial charge is 0.0599 e. The van der Waals surface area contributed by atoms with Crippen LogP contribution in [0.25, 0.3) is 0 Å². The molecule has 0 saturated carbocycles. The van der Waals surface area contributed by atoms with E-state index in [4.69, 9.17) is 4.74 Å². The first-order valence-electron chi connectivity index (χ1n) is 10.0. The number of piperazine rings is 1. The van der Waals surface area contributed by atoms with Gasteiger partial charge in [0.05, 0.1) is 12.7 Å². The van der Waals surface area contributed by atoms with Crippen LogP contribution in [0.2, 0.25) is 0 Å². The summed E-state index contributed by atoms with van der Waals surface area (Å²) in [6.45, 7) is 22.6. The van der Waals surface area contributed by atoms with E-state index in [0.29, 0.717) is 12.0 Å². The highest BCUT2D eigenvalue weighted by atomic mass is 16.5. The molecule has 0 bridgehead atoms. The third-order valence-corrected chi connectivity index (χ3v) is 5.00. The number of rotatable bonds is 9. The van der Waals surface area contributed by atoms with Crippen molar-refractivity contribution in [2.24, 2.45) is 5.92 Å². The summed E-state index contributed by atoms with van der Waals surface area (Å²) in [5.74, 6) is 0.690. The largest absolute Gasteiger partial charge is 0.395 e. The molecule has 4 nitrogen and oxygen atoms in total. The molecule has 1 N–H and O–H groups in total. The Hall–Kier alpha value is -0.160. The molecule has 0 amide bonds. The van der Waals surface area contributed by atoms with Crippen molar-refractivity contribution >= 4 is 0 Å². The van der Waals surface area contributed by atoms with Gasteiger partial charge in [0, 0.05) is 37.8 Å². The van der Waals surface area contributed by atoms with Crippen LogP contribution in [0.4, 0.5) is 0 Å². The SMILES string of the molecule is CC.CCN1CCN(C(C)(C)CCOC(C)CC(C)C)CC1CO. The Kier molecular flexibility index (Phi) is 12.2. The molecule has 2 unspecified atom stereocenters. The lowest BCUT2D eigenvalue weighted by Gasteiger charge is -2.47. The fraction of sp³-hybridized carbons (Fsp3) is 1.00. The standard InChI is InChI=1S/C18H38N2O2.C2H6/c1-7-19-9-10-20(13-17(19)14-21)18(5,6)8-11-22-16(4)12-15(2)3;1-2/h15-17,21H,7-14H2,1-6H3;1-2H3. The van der Waals surface area contributed by atoms with Crippen LogP contribution in [0.3, 0.4) is 0 Å². The number of aliphatic hydroxyl groups excluding tert-OH is 1. The van der Waals surface area contributed by atoms with Crippen LogP contribution < -0.4 is 0 Å². The summed E-state index contributed by atoms with van der Waals surface area (Å²) in [7, 11) is 0. The van der Waals surface area contributed by atoms with Gasteiger partial charge in [0.25, 0.3) is 0 Å². The van der Waals surface area contributed by atoms with Gasteiger partial charge in [-0.3, -0.25) is 9.80 Å². The monoisotopic (exact) mass is 344 g/mol. The van der Waals surface area contributed by atoms with Crippen molar-refractivity contribution in [3.05, 3.63) is 0 Å². The van der Waals surface area contributed by atoms with Gasteiger partial charge in [0.2, 0.25) is 0 Å². The van der Waals surface area contributed by atoms with Crippen molar-refractivity contribution in [1.82, 2.24) is 9.80 Å². The van der Waals surface area contributed by atoms with Gasteiger partial charge >= 0.3 is 0 Å². The van der Waals surface area contributed by atoms with Crippen molar-refractivity contribution in [1.29, 1.82) is 0 Å². The second-order valence-corrected chi connectivity index (χ2v) is 7.78. The van der Waals surface area contributed by atoms with Crippen molar-refractivity contribution in [2.75, 3.05) is 39.4 Å². The van der Waals surface area contributed by atoms with Gasteiger partial charge < -0.3 is 9.84 Å². The summed E-state index contributed by atoms with van der Waals surface area (Å²) >= 11 is 0. The molecule has 4 heteroatoms. The van der Waals surface area contributed by atoms with E-state index in [1.807, 2.05) is 13.8 Å². The van der Waals surface area contributed by atoms with E-state index in [1.165, 1.54) is 0 Å². The Balaban J connectivity index is 0.00000254. The fourth-order valence-corrected chi connectivity index (χ4v) is 3.43. The minimum atomic E-state index is 0.130. The highest BCUT2D eigenvalue weighted by Gasteiger charge is 2.33. The topological polar surface area (TPSA) is 35.9 Å². The summed E-state index contributed by atoms with van der Waals surface area (Å²) in [6.07, 6.45) is 2.51. The lowest BCUT2D eigenvalue weighted by Crippen LogP contribution is -2.60. The van der Waals surface area contributed by atoms with E-state index in [-0.39, 0.29) is 18.2 Å². The molecule has 0 aliphatic carbocycles. The van der Waals surface area contributed by atoms with Gasteiger partial charge in [-0.25, -0.2) is 0 Å². The molecule has 2 atom stereocenters. The predicted molar refractivity (Wildman–Crippen MR) is 105 cm³/mol. The lowest BCUT2D eigenvalue weighted by molar-refractivity contribution is -0.0251. The first-order valence-corrected chi connectivity index (χ1v) is 10.0. The zero-order valence-electron chi connectivity index (χ0n) is 17.6. The van der Waals surface area contributed by atoms with Crippen molar-refractivity contribution in [2.45, 2.75) is 85.9 Å². The highest BCUT2D eigenvalue weighted by molar-refractivity contribution is 4.89. The quantitative estimate of drug-likeness (QED) is 0.693. The van der Waals surface area contributed by atoms with Crippen LogP contribution in [0, 0.1) is 5.92 Å². The number of aliphatic hydroxyl groups is 1. The summed E-state index contributed by atoms with van der Waals surface area (Å²) in [5, 5.41) is 9.62. The van der Waals surface area contributed by atoms with Crippen LogP contribution >= 0.6 is 0 Å². The van der Waals surface area contributed by atoms with E-state index in [0.717, 1.165) is 45.6 Å². The van der Waals surface area contributed by atoms with E-state index < -0.39 is 0 Å². The highest BCUT2D eigenvalue weighted by Crippen LogP contribution is 2.23. The minimum Gasteiger partial charge on any atom is -0.395 e. The Morgan fingerprint density at radius 2 is 1.79 bits per heavy atom. The molecule has 1 heterocycles. The van der Waals surface area contributed by atoms with Gasteiger partial charge in [-0.2, -0.15) is 0 Å². The van der Waals surface area contributed by atoms with Crippen LogP contribution in [0.1, 0.15) is 68.2 Å². The molecule has 1 aliphatic rings. The molecule has 0 aromatic heterocycles. The van der Waals surface area contributed by atoms with Crippen LogP contribution in [-0.2, 0) is 4.74 Å². The van der Waals surface area contributed by atoms with E-state index >= 15 is 0 Å². The molecule has 0 radical (unpaired) electrons. The van der Waals surface area contributed by atoms with Gasteiger partial charge in [-0.05, 0) is 46.1 Å². The number of ether oxygens (including phenoxy) is 1. The zero-order valence-corrected chi connectivity index (χ0v) is 17.6. The molecule has 24 heavy (non-hydrogen) atoms. The molecule has 1 fully saturated rings. The average Bonchev–Trinajstić information content (AvgIpc) is 2.55. The van der Waals surface area contributed by atoms with Crippen molar-refractivity contribution < 1.29 is 9.84 Å². The summed E-state index contributed by atoms with van der Waals surface area (Å²) < 4.78 is 5.99. The first kappa shape index (κ1) is 23.8. The first-order chi connectivity index (χ1) is 11.3. The zero-order chi connectivity index (χ0) is 18.8. The predicted octanol–water partition coefficient (Wildman–Crippen LogP) is 3.63.